The number of ether oxygens (including phenoxy) is 1. The average molecular weight is 288 g/mol. The van der Waals surface area contributed by atoms with Gasteiger partial charge in [-0.25, -0.2) is 0 Å². The predicted molar refractivity (Wildman–Crippen MR) is 82.1 cm³/mol. The largest absolute Gasteiger partial charge is 0.497 e. The van der Waals surface area contributed by atoms with Gasteiger partial charge in [-0.3, -0.25) is 4.79 Å². The van der Waals surface area contributed by atoms with Crippen molar-refractivity contribution in [2.45, 2.75) is 31.7 Å². The molecule has 0 aromatic heterocycles. The Morgan fingerprint density at radius 2 is 1.95 bits per heavy atom. The summed E-state index contributed by atoms with van der Waals surface area (Å²) >= 11 is 0. The number of fused-ring (bicyclic) bond motifs is 1. The Morgan fingerprint density at radius 3 is 2.67 bits per heavy atom. The number of carbonyl (C=O) groups excluding carboxylic acids is 1. The van der Waals surface area contributed by atoms with Gasteiger partial charge in [-0.2, -0.15) is 0 Å². The van der Waals surface area contributed by atoms with Crippen molar-refractivity contribution in [3.05, 3.63) is 29.8 Å². The number of likely N-dealkylation sites (tertiary alicyclic amines) is 1. The fourth-order valence-electron chi connectivity index (χ4n) is 3.70. The molecular weight excluding hydrogens is 264 g/mol. The first kappa shape index (κ1) is 14.4. The third-order valence-electron chi connectivity index (χ3n) is 4.96. The number of nitrogens with two attached hydrogens (primary N) is 1. The van der Waals surface area contributed by atoms with Gasteiger partial charge < -0.3 is 15.4 Å². The summed E-state index contributed by atoms with van der Waals surface area (Å²) < 4.78 is 5.14. The van der Waals surface area contributed by atoms with Crippen LogP contribution in [0.2, 0.25) is 0 Å². The molecule has 2 fully saturated rings. The van der Waals surface area contributed by atoms with Crippen molar-refractivity contribution in [1.29, 1.82) is 0 Å². The Hall–Kier alpha value is -1.55. The summed E-state index contributed by atoms with van der Waals surface area (Å²) in [6.07, 6.45) is 3.85. The van der Waals surface area contributed by atoms with Gasteiger partial charge in [0.05, 0.1) is 13.5 Å². The Bertz CT molecular complexity index is 500. The van der Waals surface area contributed by atoms with Gasteiger partial charge in [-0.05, 0) is 48.8 Å². The van der Waals surface area contributed by atoms with Crippen molar-refractivity contribution >= 4 is 5.91 Å². The number of amides is 1. The highest BCUT2D eigenvalue weighted by molar-refractivity contribution is 5.79. The molecule has 2 aliphatic rings. The zero-order chi connectivity index (χ0) is 14.8. The van der Waals surface area contributed by atoms with E-state index in [1.165, 1.54) is 6.42 Å². The van der Waals surface area contributed by atoms with Gasteiger partial charge in [0.1, 0.15) is 5.75 Å². The van der Waals surface area contributed by atoms with Crippen LogP contribution in [0.3, 0.4) is 0 Å². The lowest BCUT2D eigenvalue weighted by Crippen LogP contribution is -2.32. The molecule has 4 heteroatoms. The summed E-state index contributed by atoms with van der Waals surface area (Å²) in [6, 6.07) is 8.09. The first-order valence-electron chi connectivity index (χ1n) is 7.82. The zero-order valence-electron chi connectivity index (χ0n) is 12.6. The smallest absolute Gasteiger partial charge is 0.227 e. The maximum absolute atomic E-state index is 12.5. The van der Waals surface area contributed by atoms with E-state index >= 15 is 0 Å². The summed E-state index contributed by atoms with van der Waals surface area (Å²) in [5.41, 5.74) is 7.10. The van der Waals surface area contributed by atoms with Crippen molar-refractivity contribution in [1.82, 2.24) is 4.90 Å². The maximum Gasteiger partial charge on any atom is 0.227 e. The molecule has 0 bridgehead atoms. The predicted octanol–water partition coefficient (Wildman–Crippen LogP) is 1.82. The first-order chi connectivity index (χ1) is 10.2. The molecule has 3 atom stereocenters. The van der Waals surface area contributed by atoms with Crippen LogP contribution < -0.4 is 10.5 Å². The standard InChI is InChI=1S/C17H24N2O2/c1-21-16-6-2-12(3-7-16)8-17(20)19-10-13-4-5-15(18)9-14(13)11-19/h2-3,6-7,13-15H,4-5,8-11,18H2,1H3/t13-,14+,15?/m1/s1. The number of benzene rings is 1. The number of methoxy groups -OCH3 is 1. The minimum absolute atomic E-state index is 0.239. The average Bonchev–Trinajstić information content (AvgIpc) is 2.91. The topological polar surface area (TPSA) is 55.6 Å². The molecule has 1 aromatic rings. The molecule has 1 aliphatic heterocycles. The highest BCUT2D eigenvalue weighted by atomic mass is 16.5. The fraction of sp³-hybridized carbons (Fsp3) is 0.588. The van der Waals surface area contributed by atoms with Crippen LogP contribution in [0.4, 0.5) is 0 Å². The summed E-state index contributed by atoms with van der Waals surface area (Å²) in [4.78, 5) is 14.5. The molecule has 2 N–H and O–H groups in total. The lowest BCUT2D eigenvalue weighted by Gasteiger charge is -2.27. The number of hydrogen-bond acceptors (Lipinski definition) is 3. The molecule has 114 valence electrons. The molecule has 3 rings (SSSR count). The van der Waals surface area contributed by atoms with E-state index < -0.39 is 0 Å². The van der Waals surface area contributed by atoms with Crippen LogP contribution in [0.1, 0.15) is 24.8 Å². The van der Waals surface area contributed by atoms with E-state index in [1.807, 2.05) is 29.2 Å². The molecule has 21 heavy (non-hydrogen) atoms. The van der Waals surface area contributed by atoms with Crippen molar-refractivity contribution < 1.29 is 9.53 Å². The SMILES string of the molecule is COc1ccc(CC(=O)N2C[C@H]3CCC(N)C[C@H]3C2)cc1. The summed E-state index contributed by atoms with van der Waals surface area (Å²) in [7, 11) is 1.65. The second-order valence-corrected chi connectivity index (χ2v) is 6.42. The van der Waals surface area contributed by atoms with E-state index in [0.717, 1.165) is 37.2 Å². The lowest BCUT2D eigenvalue weighted by atomic mass is 9.79. The van der Waals surface area contributed by atoms with E-state index in [2.05, 4.69) is 0 Å². The van der Waals surface area contributed by atoms with Crippen LogP contribution in [-0.2, 0) is 11.2 Å². The highest BCUT2D eigenvalue weighted by Crippen LogP contribution is 2.35. The van der Waals surface area contributed by atoms with Gasteiger partial charge >= 0.3 is 0 Å². The number of nitrogens with zero attached hydrogens (tertiary/aromatic N) is 1. The molecule has 0 radical (unpaired) electrons. The summed E-state index contributed by atoms with van der Waals surface area (Å²) in [6.45, 7) is 1.82. The van der Waals surface area contributed by atoms with E-state index in [9.17, 15) is 4.79 Å². The van der Waals surface area contributed by atoms with E-state index in [1.54, 1.807) is 7.11 Å². The van der Waals surface area contributed by atoms with Gasteiger partial charge in [0.2, 0.25) is 5.91 Å². The molecular formula is C17H24N2O2. The molecule has 1 unspecified atom stereocenters. The van der Waals surface area contributed by atoms with E-state index in [-0.39, 0.29) is 5.91 Å². The second-order valence-electron chi connectivity index (χ2n) is 6.42. The molecule has 1 saturated heterocycles. The van der Waals surface area contributed by atoms with E-state index in [4.69, 9.17) is 10.5 Å². The second kappa shape index (κ2) is 6.06. The molecule has 4 nitrogen and oxygen atoms in total. The van der Waals surface area contributed by atoms with Gasteiger partial charge in [0.15, 0.2) is 0 Å². The van der Waals surface area contributed by atoms with Crippen LogP contribution in [-0.4, -0.2) is 37.0 Å². The third-order valence-corrected chi connectivity index (χ3v) is 4.96. The normalized spacial score (nSPS) is 28.3. The van der Waals surface area contributed by atoms with Crippen molar-refractivity contribution in [2.75, 3.05) is 20.2 Å². The quantitative estimate of drug-likeness (QED) is 0.923. The van der Waals surface area contributed by atoms with Crippen LogP contribution in [0, 0.1) is 11.8 Å². The Balaban J connectivity index is 1.58. The number of hydrogen-bond donors (Lipinski definition) is 1. The lowest BCUT2D eigenvalue weighted by molar-refractivity contribution is -0.129. The first-order valence-corrected chi connectivity index (χ1v) is 7.82. The third kappa shape index (κ3) is 3.21. The molecule has 1 amide bonds. The minimum atomic E-state index is 0.239. The minimum Gasteiger partial charge on any atom is -0.497 e. The summed E-state index contributed by atoms with van der Waals surface area (Å²) in [5.74, 6) is 2.36. The molecule has 1 aliphatic carbocycles. The van der Waals surface area contributed by atoms with Gasteiger partial charge in [0, 0.05) is 19.1 Å². The van der Waals surface area contributed by atoms with Gasteiger partial charge in [0.25, 0.3) is 0 Å². The Labute approximate surface area is 126 Å². The maximum atomic E-state index is 12.5. The van der Waals surface area contributed by atoms with Gasteiger partial charge in [-0.15, -0.1) is 0 Å². The molecule has 0 spiro atoms. The number of rotatable bonds is 3. The molecule has 1 saturated carbocycles. The summed E-state index contributed by atoms with van der Waals surface area (Å²) in [5, 5.41) is 0. The monoisotopic (exact) mass is 288 g/mol. The van der Waals surface area contributed by atoms with Crippen LogP contribution in [0.5, 0.6) is 5.75 Å². The van der Waals surface area contributed by atoms with Gasteiger partial charge in [-0.1, -0.05) is 12.1 Å². The van der Waals surface area contributed by atoms with Crippen molar-refractivity contribution in [2.24, 2.45) is 17.6 Å². The Kier molecular flexibility index (Phi) is 4.15. The van der Waals surface area contributed by atoms with Crippen molar-refractivity contribution in [3.8, 4) is 5.75 Å². The van der Waals surface area contributed by atoms with Crippen molar-refractivity contribution in [3.63, 3.8) is 0 Å². The van der Waals surface area contributed by atoms with E-state index in [0.29, 0.717) is 24.3 Å². The Morgan fingerprint density at radius 1 is 1.24 bits per heavy atom. The van der Waals surface area contributed by atoms with Crippen LogP contribution in [0.25, 0.3) is 0 Å². The molecule has 1 aromatic carbocycles. The number of carbonyl (C=O) groups is 1. The van der Waals surface area contributed by atoms with Crippen LogP contribution >= 0.6 is 0 Å². The van der Waals surface area contributed by atoms with Crippen LogP contribution in [0.15, 0.2) is 24.3 Å². The highest BCUT2D eigenvalue weighted by Gasteiger charge is 2.38. The fourth-order valence-corrected chi connectivity index (χ4v) is 3.70. The zero-order valence-corrected chi connectivity index (χ0v) is 12.6. The molecule has 1 heterocycles.